The van der Waals surface area contributed by atoms with E-state index >= 15 is 0 Å². The van der Waals surface area contributed by atoms with Crippen LogP contribution in [-0.4, -0.2) is 3.21 Å². The molecule has 0 radical (unpaired) electrons. The third-order valence-corrected chi connectivity index (χ3v) is 10.1. The van der Waals surface area contributed by atoms with Crippen LogP contribution in [0.25, 0.3) is 11.1 Å². The van der Waals surface area contributed by atoms with Gasteiger partial charge >= 0.3 is 54.1 Å². The van der Waals surface area contributed by atoms with Crippen LogP contribution in [0, 0.1) is 6.07 Å². The minimum absolute atomic E-state index is 0. The van der Waals surface area contributed by atoms with Crippen molar-refractivity contribution in [2.24, 2.45) is 0 Å². The summed E-state index contributed by atoms with van der Waals surface area (Å²) < 4.78 is 1.68. The van der Waals surface area contributed by atoms with E-state index in [9.17, 15) is 0 Å². The smallest absolute Gasteiger partial charge is 0.0162 e. The van der Waals surface area contributed by atoms with E-state index in [1.807, 2.05) is 30.3 Å². The van der Waals surface area contributed by atoms with Gasteiger partial charge in [-0.25, -0.2) is 12.1 Å². The Labute approximate surface area is 259 Å². The van der Waals surface area contributed by atoms with Crippen LogP contribution in [0.2, 0.25) is 0 Å². The third-order valence-electron chi connectivity index (χ3n) is 8.37. The summed E-state index contributed by atoms with van der Waals surface area (Å²) in [6.45, 7) is 4.43. The van der Waals surface area contributed by atoms with Crippen molar-refractivity contribution < 1.29 is 49.0 Å². The molecule has 0 aliphatic heterocycles. The molecule has 0 N–H and O–H groups in total. The average Bonchev–Trinajstić information content (AvgIpc) is 3.65. The van der Waals surface area contributed by atoms with Gasteiger partial charge in [-0.15, -0.1) is 11.1 Å². The molecule has 0 heterocycles. The van der Waals surface area contributed by atoms with E-state index in [1.54, 1.807) is 38.6 Å². The van der Waals surface area contributed by atoms with Crippen molar-refractivity contribution in [2.75, 3.05) is 0 Å². The first-order valence-electron chi connectivity index (χ1n) is 14.6. The standard InChI is InChI=1S/C25H29.C5H5.C5H10.2ClH.Zr/c1-3-7-18(8-4-1)20-11-13-24-22(15-20)17-23-16-21(12-14-25(23)24)19-9-5-2-6-10-19;1-2-4-5-3-1;1-3-5-4-2;;;/h11-15,18-19H,1-10,17H2;1-5H;3-4H2,1-2H3;2*1H;/q2*-1;;;;+2/p-2. The van der Waals surface area contributed by atoms with Gasteiger partial charge in [-0.2, -0.15) is 42.0 Å². The Balaban J connectivity index is 0.000000330. The summed E-state index contributed by atoms with van der Waals surface area (Å²) in [5.74, 6) is 1.57. The Bertz CT molecular complexity index is 985. The van der Waals surface area contributed by atoms with Crippen LogP contribution in [0.4, 0.5) is 0 Å². The Morgan fingerprint density at radius 3 is 1.89 bits per heavy atom. The molecule has 0 nitrogen and oxygen atoms in total. The molecule has 2 fully saturated rings. The van der Waals surface area contributed by atoms with E-state index in [2.05, 4.69) is 50.2 Å². The van der Waals surface area contributed by atoms with Crippen molar-refractivity contribution in [3.8, 4) is 11.1 Å². The fraction of sp³-hybridized carbons (Fsp3) is 0.486. The molecule has 3 aromatic rings. The number of fused-ring (bicyclic) bond motifs is 3. The van der Waals surface area contributed by atoms with Crippen LogP contribution in [0.5, 0.6) is 0 Å². The predicted octanol–water partition coefficient (Wildman–Crippen LogP) is 4.09. The van der Waals surface area contributed by atoms with Crippen LogP contribution in [0.3, 0.4) is 0 Å². The molecular weight excluding hydrogens is 583 g/mol. The second-order valence-corrected chi connectivity index (χ2v) is 12.6. The molecule has 0 aromatic heterocycles. The van der Waals surface area contributed by atoms with Crippen molar-refractivity contribution in [2.45, 2.75) is 109 Å². The average molecular weight is 627 g/mol. The SMILES string of the molecule is CC[C](=[Zr+2])CC.[Cl-].[Cl-].[c-]1c(C2CCCCC2)ccc2c1Cc1cc(C3CCCCC3)ccc1-2.c1cc[cH-]c1. The summed E-state index contributed by atoms with van der Waals surface area (Å²) in [4.78, 5) is 0. The maximum atomic E-state index is 3.84. The van der Waals surface area contributed by atoms with Crippen molar-refractivity contribution in [1.82, 2.24) is 0 Å². The van der Waals surface area contributed by atoms with Gasteiger partial charge in [-0.1, -0.05) is 62.3 Å². The Hall–Kier alpha value is -0.877. The molecule has 0 atom stereocenters. The van der Waals surface area contributed by atoms with Crippen LogP contribution >= 0.6 is 0 Å². The molecule has 0 bridgehead atoms. The van der Waals surface area contributed by atoms with Gasteiger partial charge < -0.3 is 24.8 Å². The number of rotatable bonds is 4. The fourth-order valence-electron chi connectivity index (χ4n) is 6.07. The van der Waals surface area contributed by atoms with Gasteiger partial charge in [-0.3, -0.25) is 0 Å². The summed E-state index contributed by atoms with van der Waals surface area (Å²) in [5.41, 5.74) is 9.01. The minimum Gasteiger partial charge on any atom is -1.00 e. The molecule has 204 valence electrons. The van der Waals surface area contributed by atoms with E-state index in [0.717, 1.165) is 18.3 Å². The fourth-order valence-corrected chi connectivity index (χ4v) is 6.07. The zero-order chi connectivity index (χ0) is 25.2. The molecule has 0 amide bonds. The molecule has 0 spiro atoms. The van der Waals surface area contributed by atoms with Crippen molar-refractivity contribution in [3.63, 3.8) is 0 Å². The molecule has 0 saturated heterocycles. The predicted molar refractivity (Wildman–Crippen MR) is 153 cm³/mol. The third kappa shape index (κ3) is 9.35. The van der Waals surface area contributed by atoms with Gasteiger partial charge in [0.15, 0.2) is 0 Å². The number of hydrogen-bond acceptors (Lipinski definition) is 0. The topological polar surface area (TPSA) is 0 Å². The zero-order valence-corrected chi connectivity index (χ0v) is 27.3. The maximum Gasteiger partial charge on any atom is -0.0162 e. The normalized spacial score (nSPS) is 16.3. The second kappa shape index (κ2) is 17.7. The van der Waals surface area contributed by atoms with E-state index < -0.39 is 0 Å². The van der Waals surface area contributed by atoms with Gasteiger partial charge in [0.25, 0.3) is 0 Å². The summed E-state index contributed by atoms with van der Waals surface area (Å²) in [5, 5.41) is 0. The van der Waals surface area contributed by atoms with Gasteiger partial charge in [0.05, 0.1) is 0 Å². The quantitative estimate of drug-likeness (QED) is 0.300. The number of hydrogen-bond donors (Lipinski definition) is 0. The minimum atomic E-state index is 0. The molecule has 3 heteroatoms. The molecule has 38 heavy (non-hydrogen) atoms. The summed E-state index contributed by atoms with van der Waals surface area (Å²) in [6.07, 6.45) is 17.7. The van der Waals surface area contributed by atoms with Crippen LogP contribution in [0.15, 0.2) is 60.7 Å². The number of benzene rings is 2. The van der Waals surface area contributed by atoms with E-state index in [1.165, 1.54) is 99.3 Å². The van der Waals surface area contributed by atoms with Crippen LogP contribution in [0.1, 0.15) is 125 Å². The van der Waals surface area contributed by atoms with Gasteiger partial charge in [0.2, 0.25) is 0 Å². The molecule has 0 unspecified atom stereocenters. The first kappa shape index (κ1) is 33.3. The summed E-state index contributed by atoms with van der Waals surface area (Å²) >= 11 is 1.62. The second-order valence-electron chi connectivity index (χ2n) is 10.8. The van der Waals surface area contributed by atoms with E-state index in [4.69, 9.17) is 0 Å². The first-order valence-corrected chi connectivity index (χ1v) is 15.8. The first-order chi connectivity index (χ1) is 17.7. The van der Waals surface area contributed by atoms with Gasteiger partial charge in [0, 0.05) is 0 Å². The largest absolute Gasteiger partial charge is 1.00 e. The van der Waals surface area contributed by atoms with E-state index in [-0.39, 0.29) is 24.8 Å². The van der Waals surface area contributed by atoms with E-state index in [0.29, 0.717) is 0 Å². The van der Waals surface area contributed by atoms with Crippen LogP contribution in [-0.2, 0) is 30.7 Å². The van der Waals surface area contributed by atoms with Crippen molar-refractivity contribution in [3.05, 3.63) is 89.0 Å². The summed E-state index contributed by atoms with van der Waals surface area (Å²) in [7, 11) is 0. The van der Waals surface area contributed by atoms with Crippen LogP contribution < -0.4 is 24.8 Å². The zero-order valence-electron chi connectivity index (χ0n) is 23.4. The molecule has 6 rings (SSSR count). The molecule has 3 aliphatic carbocycles. The molecule has 3 aliphatic rings. The molecule has 3 aromatic carbocycles. The van der Waals surface area contributed by atoms with Crippen molar-refractivity contribution >= 4 is 3.21 Å². The van der Waals surface area contributed by atoms with Crippen molar-refractivity contribution in [1.29, 1.82) is 0 Å². The Kier molecular flexibility index (Phi) is 15.6. The van der Waals surface area contributed by atoms with Gasteiger partial charge in [0.1, 0.15) is 0 Å². The maximum absolute atomic E-state index is 3.84. The molecule has 2 saturated carbocycles. The monoisotopic (exact) mass is 624 g/mol. The summed E-state index contributed by atoms with van der Waals surface area (Å²) in [6, 6.07) is 26.0. The number of halogens is 2. The molecular formula is C35H44Cl2Zr-2. The Morgan fingerprint density at radius 1 is 0.789 bits per heavy atom. The van der Waals surface area contributed by atoms with Gasteiger partial charge in [-0.05, 0) is 55.1 Å². The Morgan fingerprint density at radius 2 is 1.37 bits per heavy atom.